The molecule has 1 aliphatic rings. The second-order valence-electron chi connectivity index (χ2n) is 6.56. The summed E-state index contributed by atoms with van der Waals surface area (Å²) in [7, 11) is 0. The van der Waals surface area contributed by atoms with E-state index in [0.717, 1.165) is 0 Å². The van der Waals surface area contributed by atoms with Gasteiger partial charge in [-0.25, -0.2) is 0 Å². The lowest BCUT2D eigenvalue weighted by Crippen LogP contribution is -2.20. The fraction of sp³-hybridized carbons (Fsp3) is 0.684. The van der Waals surface area contributed by atoms with Crippen LogP contribution in [0.3, 0.4) is 0 Å². The number of aryl methyl sites for hydroxylation is 1. The lowest BCUT2D eigenvalue weighted by molar-refractivity contribution is 0.480. The van der Waals surface area contributed by atoms with Gasteiger partial charge in [0.05, 0.1) is 0 Å². The van der Waals surface area contributed by atoms with Gasteiger partial charge in [-0.15, -0.1) is 0 Å². The van der Waals surface area contributed by atoms with E-state index in [2.05, 4.69) is 46.4 Å². The molecule has 1 N–H and O–H groups in total. The van der Waals surface area contributed by atoms with Crippen molar-refractivity contribution in [1.82, 2.24) is 0 Å². The van der Waals surface area contributed by atoms with Gasteiger partial charge in [-0.1, -0.05) is 79.8 Å². The second kappa shape index (κ2) is 9.50. The summed E-state index contributed by atoms with van der Waals surface area (Å²) in [5.74, 6) is 0. The first-order chi connectivity index (χ1) is 10.3. The van der Waals surface area contributed by atoms with Crippen LogP contribution in [0.2, 0.25) is 0 Å². The highest BCUT2D eigenvalue weighted by Gasteiger charge is 2.11. The van der Waals surface area contributed by atoms with Gasteiger partial charge < -0.3 is 5.32 Å². The van der Waals surface area contributed by atoms with Crippen molar-refractivity contribution < 1.29 is 0 Å². The van der Waals surface area contributed by atoms with E-state index in [0.29, 0.717) is 6.04 Å². The monoisotopic (exact) mass is 351 g/mol. The van der Waals surface area contributed by atoms with Crippen molar-refractivity contribution >= 4 is 21.6 Å². The number of nitrogens with one attached hydrogen (secondary N) is 1. The summed E-state index contributed by atoms with van der Waals surface area (Å²) in [6.45, 7) is 2.20. The van der Waals surface area contributed by atoms with Crippen molar-refractivity contribution in [3.8, 4) is 0 Å². The molecule has 1 fully saturated rings. The van der Waals surface area contributed by atoms with Gasteiger partial charge in [0.25, 0.3) is 0 Å². The average Bonchev–Trinajstić information content (AvgIpc) is 2.45. The van der Waals surface area contributed by atoms with Crippen molar-refractivity contribution in [2.45, 2.75) is 83.6 Å². The predicted molar refractivity (Wildman–Crippen MR) is 97.1 cm³/mol. The molecular formula is C19H30BrN. The van der Waals surface area contributed by atoms with E-state index in [1.54, 1.807) is 0 Å². The molecule has 0 saturated heterocycles. The lowest BCUT2D eigenvalue weighted by Gasteiger charge is -2.22. The van der Waals surface area contributed by atoms with Crippen molar-refractivity contribution in [3.63, 3.8) is 0 Å². The minimum Gasteiger partial charge on any atom is -0.382 e. The molecule has 0 bridgehead atoms. The number of anilines is 1. The van der Waals surface area contributed by atoms with E-state index < -0.39 is 0 Å². The highest BCUT2D eigenvalue weighted by molar-refractivity contribution is 9.10. The Kier molecular flexibility index (Phi) is 7.63. The summed E-state index contributed by atoms with van der Waals surface area (Å²) >= 11 is 3.59. The van der Waals surface area contributed by atoms with Crippen LogP contribution in [0.15, 0.2) is 22.7 Å². The fourth-order valence-corrected chi connectivity index (χ4v) is 3.64. The molecule has 118 valence electrons. The normalized spacial score (nSPS) is 19.5. The van der Waals surface area contributed by atoms with E-state index in [-0.39, 0.29) is 0 Å². The maximum absolute atomic E-state index is 3.81. The van der Waals surface area contributed by atoms with E-state index >= 15 is 0 Å². The maximum Gasteiger partial charge on any atom is 0.0383 e. The molecule has 21 heavy (non-hydrogen) atoms. The Morgan fingerprint density at radius 3 is 1.95 bits per heavy atom. The Hall–Kier alpha value is -0.500. The van der Waals surface area contributed by atoms with E-state index in [1.165, 1.54) is 86.4 Å². The first-order valence-corrected chi connectivity index (χ1v) is 9.58. The molecule has 0 aromatic heterocycles. The summed E-state index contributed by atoms with van der Waals surface area (Å²) in [5.41, 5.74) is 2.66. The lowest BCUT2D eigenvalue weighted by atomic mass is 9.97. The Bertz CT molecular complexity index is 404. The van der Waals surface area contributed by atoms with Gasteiger partial charge in [-0.05, 0) is 37.5 Å². The van der Waals surface area contributed by atoms with Crippen LogP contribution in [-0.2, 0) is 0 Å². The summed E-state index contributed by atoms with van der Waals surface area (Å²) in [6, 6.07) is 7.20. The fourth-order valence-electron chi connectivity index (χ4n) is 3.28. The van der Waals surface area contributed by atoms with Crippen LogP contribution in [0.5, 0.6) is 0 Å². The predicted octanol–water partition coefficient (Wildman–Crippen LogP) is 6.84. The van der Waals surface area contributed by atoms with Crippen LogP contribution >= 0.6 is 15.9 Å². The third-order valence-corrected chi connectivity index (χ3v) is 5.16. The topological polar surface area (TPSA) is 12.0 Å². The van der Waals surface area contributed by atoms with Gasteiger partial charge in [-0.3, -0.25) is 0 Å². The zero-order chi connectivity index (χ0) is 14.9. The molecule has 1 saturated carbocycles. The number of rotatable bonds is 2. The minimum absolute atomic E-state index is 0.650. The number of halogens is 1. The SMILES string of the molecule is Cc1ccc(Br)cc1NC1CCCCCCCCCCC1. The first-order valence-electron chi connectivity index (χ1n) is 8.78. The third-order valence-electron chi connectivity index (χ3n) is 4.66. The van der Waals surface area contributed by atoms with Gasteiger partial charge in [-0.2, -0.15) is 0 Å². The van der Waals surface area contributed by atoms with E-state index in [9.17, 15) is 0 Å². The Balaban J connectivity index is 1.92. The molecule has 2 rings (SSSR count). The molecule has 0 aliphatic heterocycles. The summed E-state index contributed by atoms with van der Waals surface area (Å²) in [4.78, 5) is 0. The van der Waals surface area contributed by atoms with Crippen LogP contribution < -0.4 is 5.32 Å². The molecule has 0 atom stereocenters. The maximum atomic E-state index is 3.81. The molecule has 2 heteroatoms. The summed E-state index contributed by atoms with van der Waals surface area (Å²) in [6.07, 6.45) is 15.5. The highest BCUT2D eigenvalue weighted by atomic mass is 79.9. The van der Waals surface area contributed by atoms with Crippen LogP contribution in [0.4, 0.5) is 5.69 Å². The van der Waals surface area contributed by atoms with Gasteiger partial charge >= 0.3 is 0 Å². The Labute approximate surface area is 139 Å². The molecular weight excluding hydrogens is 322 g/mol. The van der Waals surface area contributed by atoms with Crippen molar-refractivity contribution in [3.05, 3.63) is 28.2 Å². The average molecular weight is 352 g/mol. The number of benzene rings is 1. The van der Waals surface area contributed by atoms with Crippen molar-refractivity contribution in [1.29, 1.82) is 0 Å². The molecule has 1 aromatic carbocycles. The standard InChI is InChI=1S/C19H30BrN/c1-16-13-14-17(20)15-19(16)21-18-11-9-7-5-3-2-4-6-8-10-12-18/h13-15,18,21H,2-12H2,1H3. The van der Waals surface area contributed by atoms with Gasteiger partial charge in [0.15, 0.2) is 0 Å². The van der Waals surface area contributed by atoms with Crippen molar-refractivity contribution in [2.24, 2.45) is 0 Å². The van der Waals surface area contributed by atoms with Crippen LogP contribution in [0.25, 0.3) is 0 Å². The largest absolute Gasteiger partial charge is 0.382 e. The minimum atomic E-state index is 0.650. The van der Waals surface area contributed by atoms with E-state index in [4.69, 9.17) is 0 Å². The van der Waals surface area contributed by atoms with Crippen LogP contribution in [0.1, 0.15) is 76.2 Å². The smallest absolute Gasteiger partial charge is 0.0383 e. The molecule has 1 nitrogen and oxygen atoms in total. The Morgan fingerprint density at radius 1 is 0.857 bits per heavy atom. The molecule has 1 aromatic rings. The molecule has 0 unspecified atom stereocenters. The number of hydrogen-bond donors (Lipinski definition) is 1. The van der Waals surface area contributed by atoms with Crippen molar-refractivity contribution in [2.75, 3.05) is 5.32 Å². The zero-order valence-electron chi connectivity index (χ0n) is 13.5. The quantitative estimate of drug-likeness (QED) is 0.614. The third kappa shape index (κ3) is 6.42. The van der Waals surface area contributed by atoms with Gasteiger partial charge in [0.1, 0.15) is 0 Å². The zero-order valence-corrected chi connectivity index (χ0v) is 15.1. The van der Waals surface area contributed by atoms with Crippen LogP contribution in [0, 0.1) is 6.92 Å². The molecule has 0 heterocycles. The second-order valence-corrected chi connectivity index (χ2v) is 7.48. The summed E-state index contributed by atoms with van der Waals surface area (Å²) in [5, 5.41) is 3.81. The van der Waals surface area contributed by atoms with Gasteiger partial charge in [0.2, 0.25) is 0 Å². The van der Waals surface area contributed by atoms with Gasteiger partial charge in [0, 0.05) is 16.2 Å². The molecule has 0 spiro atoms. The first kappa shape index (κ1) is 16.9. The van der Waals surface area contributed by atoms with Crippen LogP contribution in [-0.4, -0.2) is 6.04 Å². The molecule has 0 amide bonds. The summed E-state index contributed by atoms with van der Waals surface area (Å²) < 4.78 is 1.17. The highest BCUT2D eigenvalue weighted by Crippen LogP contribution is 2.24. The molecule has 1 aliphatic carbocycles. The molecule has 0 radical (unpaired) electrons. The van der Waals surface area contributed by atoms with E-state index in [1.807, 2.05) is 0 Å². The number of hydrogen-bond acceptors (Lipinski definition) is 1. The Morgan fingerprint density at radius 2 is 1.38 bits per heavy atom.